The molecule has 27 heavy (non-hydrogen) atoms. The molecule has 1 atom stereocenters. The fourth-order valence-corrected chi connectivity index (χ4v) is 4.55. The van der Waals surface area contributed by atoms with Crippen molar-refractivity contribution in [1.82, 2.24) is 4.90 Å². The molecule has 1 N–H and O–H groups in total. The molecule has 2 heterocycles. The standard InChI is InChI=1S/C23H28N2O2/c26-23(27)12-2-1-7-13-24-14-15-25-21-11-6-4-9-19(21)16-18-8-3-5-10-20(18)22(25)17-24/h3-6,8-11,22H,1-2,7,12-17H2,(H,26,27). The summed E-state index contributed by atoms with van der Waals surface area (Å²) in [5.41, 5.74) is 5.72. The number of rotatable bonds is 6. The number of piperazine rings is 1. The summed E-state index contributed by atoms with van der Waals surface area (Å²) in [5.74, 6) is -0.683. The molecular weight excluding hydrogens is 336 g/mol. The number of benzene rings is 2. The van der Waals surface area contributed by atoms with Crippen LogP contribution in [-0.4, -0.2) is 42.2 Å². The van der Waals surface area contributed by atoms with E-state index in [2.05, 4.69) is 58.3 Å². The number of para-hydroxylation sites is 1. The molecule has 0 aromatic heterocycles. The maximum absolute atomic E-state index is 10.7. The SMILES string of the molecule is O=C(O)CCCCCN1CCN2c3ccccc3Cc3ccccc3C2C1. The van der Waals surface area contributed by atoms with Crippen LogP contribution in [0.5, 0.6) is 0 Å². The minimum atomic E-state index is -0.683. The number of unbranched alkanes of at least 4 members (excludes halogenated alkanes) is 2. The fraction of sp³-hybridized carbons (Fsp3) is 0.435. The van der Waals surface area contributed by atoms with Crippen LogP contribution in [0.3, 0.4) is 0 Å². The molecule has 0 saturated carbocycles. The Morgan fingerprint density at radius 2 is 1.74 bits per heavy atom. The van der Waals surface area contributed by atoms with Crippen LogP contribution in [0.4, 0.5) is 5.69 Å². The van der Waals surface area contributed by atoms with Gasteiger partial charge in [-0.3, -0.25) is 9.69 Å². The Bertz CT molecular complexity index is 804. The fourth-order valence-electron chi connectivity index (χ4n) is 4.55. The third-order valence-corrected chi connectivity index (χ3v) is 5.93. The van der Waals surface area contributed by atoms with E-state index >= 15 is 0 Å². The summed E-state index contributed by atoms with van der Waals surface area (Å²) in [6.07, 6.45) is 4.17. The molecule has 2 aliphatic rings. The van der Waals surface area contributed by atoms with Crippen molar-refractivity contribution in [3.8, 4) is 0 Å². The van der Waals surface area contributed by atoms with E-state index in [4.69, 9.17) is 5.11 Å². The molecule has 0 amide bonds. The monoisotopic (exact) mass is 364 g/mol. The predicted octanol–water partition coefficient (Wildman–Crippen LogP) is 4.10. The number of hydrogen-bond donors (Lipinski definition) is 1. The van der Waals surface area contributed by atoms with Gasteiger partial charge in [0.1, 0.15) is 0 Å². The van der Waals surface area contributed by atoms with Crippen molar-refractivity contribution in [2.24, 2.45) is 0 Å². The van der Waals surface area contributed by atoms with E-state index in [1.54, 1.807) is 0 Å². The molecule has 4 rings (SSSR count). The van der Waals surface area contributed by atoms with E-state index in [-0.39, 0.29) is 0 Å². The van der Waals surface area contributed by atoms with Crippen LogP contribution in [0.1, 0.15) is 48.4 Å². The molecule has 2 aliphatic heterocycles. The van der Waals surface area contributed by atoms with Gasteiger partial charge in [-0.2, -0.15) is 0 Å². The highest BCUT2D eigenvalue weighted by atomic mass is 16.4. The molecule has 2 aromatic rings. The Morgan fingerprint density at radius 3 is 2.59 bits per heavy atom. The number of carbonyl (C=O) groups is 1. The summed E-state index contributed by atoms with van der Waals surface area (Å²) in [6, 6.07) is 18.1. The third-order valence-electron chi connectivity index (χ3n) is 5.93. The first-order valence-electron chi connectivity index (χ1n) is 10.1. The topological polar surface area (TPSA) is 43.8 Å². The van der Waals surface area contributed by atoms with Crippen molar-refractivity contribution in [1.29, 1.82) is 0 Å². The number of fused-ring (bicyclic) bond motifs is 5. The highest BCUT2D eigenvalue weighted by Crippen LogP contribution is 2.39. The lowest BCUT2D eigenvalue weighted by Gasteiger charge is -2.43. The van der Waals surface area contributed by atoms with Crippen LogP contribution in [-0.2, 0) is 11.2 Å². The second kappa shape index (κ2) is 8.13. The average Bonchev–Trinajstić information content (AvgIpc) is 2.82. The lowest BCUT2D eigenvalue weighted by atomic mass is 9.96. The number of anilines is 1. The lowest BCUT2D eigenvalue weighted by molar-refractivity contribution is -0.137. The molecule has 142 valence electrons. The second-order valence-electron chi connectivity index (χ2n) is 7.72. The molecule has 0 spiro atoms. The summed E-state index contributed by atoms with van der Waals surface area (Å²) < 4.78 is 0. The average molecular weight is 364 g/mol. The van der Waals surface area contributed by atoms with Crippen LogP contribution >= 0.6 is 0 Å². The Hall–Kier alpha value is -2.33. The molecule has 0 radical (unpaired) electrons. The van der Waals surface area contributed by atoms with E-state index in [1.807, 2.05) is 0 Å². The number of carboxylic acids is 1. The van der Waals surface area contributed by atoms with Gasteiger partial charge in [-0.15, -0.1) is 0 Å². The summed E-state index contributed by atoms with van der Waals surface area (Å²) in [7, 11) is 0. The van der Waals surface area contributed by atoms with Crippen molar-refractivity contribution in [2.45, 2.75) is 38.1 Å². The maximum atomic E-state index is 10.7. The van der Waals surface area contributed by atoms with Crippen molar-refractivity contribution in [3.63, 3.8) is 0 Å². The van der Waals surface area contributed by atoms with Crippen molar-refractivity contribution in [2.75, 3.05) is 31.1 Å². The van der Waals surface area contributed by atoms with Gasteiger partial charge in [-0.25, -0.2) is 0 Å². The van der Waals surface area contributed by atoms with E-state index in [9.17, 15) is 4.79 Å². The Labute approximate surface area is 161 Å². The third kappa shape index (κ3) is 4.01. The van der Waals surface area contributed by atoms with Crippen LogP contribution in [0.15, 0.2) is 48.5 Å². The first-order chi connectivity index (χ1) is 13.2. The normalized spacial score (nSPS) is 19.0. The van der Waals surface area contributed by atoms with Crippen LogP contribution in [0.2, 0.25) is 0 Å². The van der Waals surface area contributed by atoms with E-state index in [0.717, 1.165) is 51.9 Å². The van der Waals surface area contributed by atoms with E-state index in [1.165, 1.54) is 22.4 Å². The van der Waals surface area contributed by atoms with Crippen LogP contribution in [0, 0.1) is 0 Å². The van der Waals surface area contributed by atoms with Gasteiger partial charge in [0.05, 0.1) is 6.04 Å². The zero-order valence-corrected chi connectivity index (χ0v) is 15.8. The second-order valence-corrected chi connectivity index (χ2v) is 7.72. The van der Waals surface area contributed by atoms with Gasteiger partial charge >= 0.3 is 5.97 Å². The van der Waals surface area contributed by atoms with Gasteiger partial charge in [0.15, 0.2) is 0 Å². The predicted molar refractivity (Wildman–Crippen MR) is 108 cm³/mol. The minimum Gasteiger partial charge on any atom is -0.481 e. The minimum absolute atomic E-state index is 0.292. The smallest absolute Gasteiger partial charge is 0.303 e. The van der Waals surface area contributed by atoms with Crippen LogP contribution < -0.4 is 4.90 Å². The zero-order chi connectivity index (χ0) is 18.6. The first kappa shape index (κ1) is 18.1. The molecule has 4 nitrogen and oxygen atoms in total. The molecule has 0 aliphatic carbocycles. The summed E-state index contributed by atoms with van der Waals surface area (Å²) in [6.45, 7) is 4.23. The van der Waals surface area contributed by atoms with Gasteiger partial charge in [-0.1, -0.05) is 48.9 Å². The molecule has 0 bridgehead atoms. The number of carboxylic acid groups (broad SMARTS) is 1. The summed E-state index contributed by atoms with van der Waals surface area (Å²) >= 11 is 0. The molecule has 1 fully saturated rings. The number of aliphatic carboxylic acids is 1. The van der Waals surface area contributed by atoms with Crippen LogP contribution in [0.25, 0.3) is 0 Å². The van der Waals surface area contributed by atoms with E-state index < -0.39 is 5.97 Å². The van der Waals surface area contributed by atoms with Gasteiger partial charge in [-0.05, 0) is 48.6 Å². The van der Waals surface area contributed by atoms with E-state index in [0.29, 0.717) is 12.5 Å². The molecule has 2 aromatic carbocycles. The summed E-state index contributed by atoms with van der Waals surface area (Å²) in [5, 5.41) is 8.77. The maximum Gasteiger partial charge on any atom is 0.303 e. The van der Waals surface area contributed by atoms with Crippen molar-refractivity contribution in [3.05, 3.63) is 65.2 Å². The Morgan fingerprint density at radius 1 is 0.963 bits per heavy atom. The Kier molecular flexibility index (Phi) is 5.44. The van der Waals surface area contributed by atoms with Crippen molar-refractivity contribution < 1.29 is 9.90 Å². The molecule has 4 heteroatoms. The van der Waals surface area contributed by atoms with Gasteiger partial charge in [0, 0.05) is 31.7 Å². The largest absolute Gasteiger partial charge is 0.481 e. The Balaban J connectivity index is 1.49. The lowest BCUT2D eigenvalue weighted by Crippen LogP contribution is -2.48. The molecule has 1 saturated heterocycles. The highest BCUT2D eigenvalue weighted by molar-refractivity contribution is 5.66. The van der Waals surface area contributed by atoms with Gasteiger partial charge < -0.3 is 10.0 Å². The number of nitrogens with zero attached hydrogens (tertiary/aromatic N) is 2. The molecular formula is C23H28N2O2. The molecule has 1 unspecified atom stereocenters. The first-order valence-corrected chi connectivity index (χ1v) is 10.1. The summed E-state index contributed by atoms with van der Waals surface area (Å²) in [4.78, 5) is 15.8. The van der Waals surface area contributed by atoms with Gasteiger partial charge in [0.25, 0.3) is 0 Å². The quantitative estimate of drug-likeness (QED) is 0.784. The van der Waals surface area contributed by atoms with Gasteiger partial charge in [0.2, 0.25) is 0 Å². The van der Waals surface area contributed by atoms with Crippen molar-refractivity contribution >= 4 is 11.7 Å². The number of hydrogen-bond acceptors (Lipinski definition) is 3. The highest BCUT2D eigenvalue weighted by Gasteiger charge is 2.32. The zero-order valence-electron chi connectivity index (χ0n) is 15.8.